The van der Waals surface area contributed by atoms with Crippen LogP contribution in [0.5, 0.6) is 0 Å². The van der Waals surface area contributed by atoms with Crippen LogP contribution in [0.1, 0.15) is 149 Å². The van der Waals surface area contributed by atoms with Crippen LogP contribution in [0.15, 0.2) is 70.7 Å². The smallest absolute Gasteiger partial charge is 0.277 e. The van der Waals surface area contributed by atoms with Crippen molar-refractivity contribution in [2.75, 3.05) is 25.0 Å². The highest BCUT2D eigenvalue weighted by Gasteiger charge is 2.44. The second kappa shape index (κ2) is 28.3. The molecule has 0 bridgehead atoms. The van der Waals surface area contributed by atoms with Gasteiger partial charge in [0.25, 0.3) is 5.91 Å². The molecule has 5 N–H and O–H groups in total. The quantitative estimate of drug-likeness (QED) is 0.0183. The first-order valence-corrected chi connectivity index (χ1v) is 27.2. The summed E-state index contributed by atoms with van der Waals surface area (Å²) >= 11 is 3.47. The number of benzene rings is 3. The lowest BCUT2D eigenvalue weighted by atomic mass is 9.91. The molecule has 0 spiro atoms. The number of aliphatic hydroxyl groups is 1. The molecule has 0 saturated carbocycles. The molecule has 0 unspecified atom stereocenters. The lowest BCUT2D eigenvalue weighted by molar-refractivity contribution is -0.141. The molecule has 2 aromatic heterocycles. The summed E-state index contributed by atoms with van der Waals surface area (Å²) in [4.78, 5) is 66.5. The molecule has 14 nitrogen and oxygen atoms in total. The maximum atomic E-state index is 14.7. The Hall–Kier alpha value is -5.38. The maximum Gasteiger partial charge on any atom is 0.277 e. The minimum Gasteiger partial charge on any atom is -0.391 e. The number of amides is 4. The van der Waals surface area contributed by atoms with Gasteiger partial charge in [0.2, 0.25) is 17.7 Å². The molecule has 0 aliphatic carbocycles. The van der Waals surface area contributed by atoms with Crippen LogP contribution in [0.3, 0.4) is 0 Å². The van der Waals surface area contributed by atoms with Gasteiger partial charge in [-0.3, -0.25) is 24.0 Å². The number of nitrogens with one attached hydrogen (secondary N) is 4. The van der Waals surface area contributed by atoms with Gasteiger partial charge in [-0.25, -0.2) is 23.6 Å². The molecule has 6 rings (SSSR count). The Morgan fingerprint density at radius 3 is 2.16 bits per heavy atom. The van der Waals surface area contributed by atoms with E-state index in [1.54, 1.807) is 24.6 Å². The summed E-state index contributed by atoms with van der Waals surface area (Å²) in [6.07, 6.45) is 11.4. The fraction of sp³-hybridized carbons (Fsp3) is 0.481. The summed E-state index contributed by atoms with van der Waals surface area (Å²) in [6.45, 7) is 8.29. The van der Waals surface area contributed by atoms with E-state index in [1.165, 1.54) is 28.4 Å². The number of likely N-dealkylation sites (tertiary alicyclic amines) is 1. The van der Waals surface area contributed by atoms with Gasteiger partial charge in [-0.05, 0) is 96.7 Å². The van der Waals surface area contributed by atoms with Crippen molar-refractivity contribution in [3.63, 3.8) is 0 Å². The molecule has 3 aromatic carbocycles. The van der Waals surface area contributed by atoms with Gasteiger partial charge in [-0.1, -0.05) is 107 Å². The van der Waals surface area contributed by atoms with Gasteiger partial charge in [0.05, 0.1) is 63.9 Å². The number of β-amino-alcohol motifs (C(OH)–C–C–N with tert-alkyl or cyclic N) is 1. The molecule has 19 heteroatoms. The first-order valence-electron chi connectivity index (χ1n) is 25.2. The largest absolute Gasteiger partial charge is 0.391 e. The van der Waals surface area contributed by atoms with Crippen LogP contribution in [-0.2, 0) is 19.2 Å². The number of carbonyl (C=O) groups is 4. The second-order valence-electron chi connectivity index (χ2n) is 19.0. The summed E-state index contributed by atoms with van der Waals surface area (Å²) in [5.74, 6) is -5.34. The zero-order valence-electron chi connectivity index (χ0n) is 41.9. The first-order chi connectivity index (χ1) is 35.1. The molecule has 4 atom stereocenters. The minimum atomic E-state index is -1.30. The van der Waals surface area contributed by atoms with E-state index in [9.17, 15) is 37.5 Å². The van der Waals surface area contributed by atoms with Crippen molar-refractivity contribution in [1.82, 2.24) is 31.2 Å². The molecule has 1 aliphatic rings. The number of thiazole rings is 1. The summed E-state index contributed by atoms with van der Waals surface area (Å²) in [5, 5.41) is 23.3. The normalized spacial score (nSPS) is 15.3. The van der Waals surface area contributed by atoms with Gasteiger partial charge in [0.1, 0.15) is 23.5 Å². The van der Waals surface area contributed by atoms with E-state index < -0.39 is 59.1 Å². The van der Waals surface area contributed by atoms with E-state index in [2.05, 4.69) is 31.6 Å². The molecular weight excluding hydrogens is 1070 g/mol. The topological polar surface area (TPSA) is 188 Å². The average Bonchev–Trinajstić information content (AvgIpc) is 4.11. The van der Waals surface area contributed by atoms with Crippen molar-refractivity contribution in [2.45, 2.75) is 142 Å². The van der Waals surface area contributed by atoms with Gasteiger partial charge in [0, 0.05) is 29.1 Å². The molecule has 394 valence electrons. The number of hydroxylamine groups is 1. The number of unbranched alkanes of at least 4 members (excludes halogenated alkanes) is 11. The molecule has 5 aromatic rings. The van der Waals surface area contributed by atoms with Crippen molar-refractivity contribution < 1.29 is 46.8 Å². The van der Waals surface area contributed by atoms with Crippen LogP contribution in [0.4, 0.5) is 24.5 Å². The third-order valence-corrected chi connectivity index (χ3v) is 14.6. The van der Waals surface area contributed by atoms with Gasteiger partial charge in [-0.15, -0.1) is 11.3 Å². The first kappa shape index (κ1) is 56.9. The zero-order valence-corrected chi connectivity index (χ0v) is 44.9. The Kier molecular flexibility index (Phi) is 22.1. The van der Waals surface area contributed by atoms with Crippen LogP contribution in [0.25, 0.3) is 10.4 Å². The van der Waals surface area contributed by atoms with Gasteiger partial charge >= 0.3 is 0 Å². The number of carbonyl (C=O) groups excluding carboxylic acids is 4. The Bertz CT molecular complexity index is 2610. The van der Waals surface area contributed by atoms with Gasteiger partial charge < -0.3 is 30.5 Å². The summed E-state index contributed by atoms with van der Waals surface area (Å²) in [6, 6.07) is 14.0. The van der Waals surface area contributed by atoms with Crippen LogP contribution in [-0.4, -0.2) is 75.6 Å². The SMILES string of the molecule is Cc1cc([C@H](C(=O)N2C[C@H](O)C[C@H]2C(=O)N[C@@H](CC(=O)NCCCCCCCCCCCCCCONC(=O)c2ccc(F)c(F)c2Nc2ccc(I)cc2F)c2ccc(-c3scnc3C)cc2)C(C)C)on1. The number of anilines is 2. The van der Waals surface area contributed by atoms with Crippen molar-refractivity contribution in [1.29, 1.82) is 0 Å². The van der Waals surface area contributed by atoms with Crippen LogP contribution < -0.4 is 21.4 Å². The predicted molar refractivity (Wildman–Crippen MR) is 283 cm³/mol. The summed E-state index contributed by atoms with van der Waals surface area (Å²) < 4.78 is 49.3. The van der Waals surface area contributed by atoms with Gasteiger partial charge in [0.15, 0.2) is 11.6 Å². The van der Waals surface area contributed by atoms with Crippen molar-refractivity contribution in [3.8, 4) is 10.4 Å². The number of rotatable bonds is 28. The molecule has 3 heterocycles. The molecule has 73 heavy (non-hydrogen) atoms. The molecule has 0 radical (unpaired) electrons. The number of hydrogen-bond donors (Lipinski definition) is 5. The van der Waals surface area contributed by atoms with E-state index in [0.29, 0.717) is 28.0 Å². The minimum absolute atomic E-state index is 0.00398. The molecule has 1 saturated heterocycles. The Morgan fingerprint density at radius 1 is 0.877 bits per heavy atom. The predicted octanol–water partition coefficient (Wildman–Crippen LogP) is 11.3. The highest BCUT2D eigenvalue weighted by Crippen LogP contribution is 2.33. The van der Waals surface area contributed by atoms with Crippen LogP contribution >= 0.6 is 33.9 Å². The standard InChI is InChI=1S/C54H67F3IN7O7S/c1-33(2)48(46-27-34(3)63-72-46)54(70)65-31-39(66)29-45(65)53(69)62-44(36-17-19-37(20-18-36)51-35(4)60-32-73-51)30-47(67)59-25-15-13-11-9-7-5-6-8-10-12-14-16-26-71-64-52(68)40-22-23-41(55)49(57)50(40)61-43-24-21-38(58)28-42(43)56/h17-24,27-28,32-33,39,44-45,48,61,66H,5-16,25-26,29-31H2,1-4H3,(H,59,67)(H,62,69)(H,64,68)/t39-,44+,45+,48-/m1/s1. The highest BCUT2D eigenvalue weighted by molar-refractivity contribution is 14.1. The fourth-order valence-corrected chi connectivity index (χ4v) is 10.3. The van der Waals surface area contributed by atoms with E-state index in [-0.39, 0.29) is 55.0 Å². The van der Waals surface area contributed by atoms with E-state index in [4.69, 9.17) is 9.36 Å². The number of halogens is 4. The fourth-order valence-electron chi connectivity index (χ4n) is 9.03. The number of aryl methyl sites for hydroxylation is 2. The monoisotopic (exact) mass is 1140 g/mol. The zero-order chi connectivity index (χ0) is 52.4. The molecule has 4 amide bonds. The highest BCUT2D eigenvalue weighted by atomic mass is 127. The van der Waals surface area contributed by atoms with Gasteiger partial charge in [-0.2, -0.15) is 0 Å². The third kappa shape index (κ3) is 16.6. The van der Waals surface area contributed by atoms with Crippen molar-refractivity contribution in [3.05, 3.63) is 115 Å². The van der Waals surface area contributed by atoms with E-state index in [0.717, 1.165) is 104 Å². The van der Waals surface area contributed by atoms with E-state index >= 15 is 0 Å². The molecule has 1 aliphatic heterocycles. The van der Waals surface area contributed by atoms with Crippen molar-refractivity contribution >= 4 is 68.9 Å². The lowest BCUT2D eigenvalue weighted by Crippen LogP contribution is -2.49. The molecular formula is C54H67F3IN7O7S. The lowest BCUT2D eigenvalue weighted by Gasteiger charge is -2.30. The average molecular weight is 1140 g/mol. The Labute approximate surface area is 443 Å². The van der Waals surface area contributed by atoms with Crippen LogP contribution in [0, 0.1) is 40.8 Å². The number of hydrogen-bond acceptors (Lipinski definition) is 11. The third-order valence-electron chi connectivity index (χ3n) is 13.0. The Balaban J connectivity index is 0.857. The van der Waals surface area contributed by atoms with Crippen LogP contribution in [0.2, 0.25) is 0 Å². The maximum absolute atomic E-state index is 14.7. The second-order valence-corrected chi connectivity index (χ2v) is 21.1. The summed E-state index contributed by atoms with van der Waals surface area (Å²) in [5.41, 5.74) is 6.54. The Morgan fingerprint density at radius 2 is 1.55 bits per heavy atom. The molecule has 1 fully saturated rings. The van der Waals surface area contributed by atoms with Crippen molar-refractivity contribution in [2.24, 2.45) is 5.92 Å². The number of aromatic nitrogens is 2. The number of aliphatic hydroxyl groups excluding tert-OH is 1. The summed E-state index contributed by atoms with van der Waals surface area (Å²) in [7, 11) is 0. The number of nitrogens with zero attached hydrogens (tertiary/aromatic N) is 3. The van der Waals surface area contributed by atoms with E-state index in [1.807, 2.05) is 67.6 Å².